The maximum absolute atomic E-state index is 12.8. The molecule has 1 amide bonds. The van der Waals surface area contributed by atoms with E-state index in [1.807, 2.05) is 18.2 Å². The molecule has 38 heavy (non-hydrogen) atoms. The highest BCUT2D eigenvalue weighted by Crippen LogP contribution is 2.12. The summed E-state index contributed by atoms with van der Waals surface area (Å²) >= 11 is 0. The van der Waals surface area contributed by atoms with Crippen molar-refractivity contribution in [1.82, 2.24) is 9.80 Å². The van der Waals surface area contributed by atoms with Crippen LogP contribution in [0.3, 0.4) is 0 Å². The van der Waals surface area contributed by atoms with Gasteiger partial charge in [0.15, 0.2) is 17.6 Å². The van der Waals surface area contributed by atoms with Crippen molar-refractivity contribution in [3.05, 3.63) is 107 Å². The predicted octanol–water partition coefficient (Wildman–Crippen LogP) is 3.74. The first-order chi connectivity index (χ1) is 18.3. The van der Waals surface area contributed by atoms with E-state index >= 15 is 0 Å². The summed E-state index contributed by atoms with van der Waals surface area (Å²) < 4.78 is 0. The molecule has 1 N–H and O–H groups in total. The summed E-state index contributed by atoms with van der Waals surface area (Å²) in [7, 11) is 3.52. The second kappa shape index (κ2) is 14.0. The SMILES string of the molecule is CCC(=O)C(C(=O)CO)N(C)C(=O)c1ccc(C#Cc2ccc(CN(C)CCc3ccccc3)cc2)cc1. The van der Waals surface area contributed by atoms with Gasteiger partial charge in [0, 0.05) is 43.2 Å². The molecule has 0 aromatic heterocycles. The van der Waals surface area contributed by atoms with Crippen LogP contribution in [0.2, 0.25) is 0 Å². The Bertz CT molecular complexity index is 1270. The van der Waals surface area contributed by atoms with Crippen molar-refractivity contribution in [2.45, 2.75) is 32.4 Å². The van der Waals surface area contributed by atoms with E-state index in [1.165, 1.54) is 18.2 Å². The molecule has 3 rings (SSSR count). The third-order valence-corrected chi connectivity index (χ3v) is 6.34. The average Bonchev–Trinajstić information content (AvgIpc) is 2.96. The zero-order valence-corrected chi connectivity index (χ0v) is 22.2. The van der Waals surface area contributed by atoms with Crippen molar-refractivity contribution < 1.29 is 19.5 Å². The number of ketones is 2. The highest BCUT2D eigenvalue weighted by molar-refractivity contribution is 6.10. The minimum atomic E-state index is -1.29. The summed E-state index contributed by atoms with van der Waals surface area (Å²) in [5.41, 5.74) is 4.52. The smallest absolute Gasteiger partial charge is 0.254 e. The lowest BCUT2D eigenvalue weighted by atomic mass is 10.0. The van der Waals surface area contributed by atoms with Gasteiger partial charge in [0.1, 0.15) is 6.61 Å². The van der Waals surface area contributed by atoms with Crippen LogP contribution in [0.4, 0.5) is 0 Å². The fourth-order valence-corrected chi connectivity index (χ4v) is 4.10. The summed E-state index contributed by atoms with van der Waals surface area (Å²) in [6.45, 7) is 2.66. The van der Waals surface area contributed by atoms with Crippen LogP contribution in [0.5, 0.6) is 0 Å². The van der Waals surface area contributed by atoms with Gasteiger partial charge in [0.25, 0.3) is 5.91 Å². The number of nitrogens with zero attached hydrogens (tertiary/aromatic N) is 2. The van der Waals surface area contributed by atoms with E-state index in [9.17, 15) is 19.5 Å². The zero-order chi connectivity index (χ0) is 27.5. The molecule has 0 bridgehead atoms. The number of carbonyl (C=O) groups is 3. The quantitative estimate of drug-likeness (QED) is 0.314. The zero-order valence-electron chi connectivity index (χ0n) is 22.2. The Hall–Kier alpha value is -4.05. The fourth-order valence-electron chi connectivity index (χ4n) is 4.10. The molecule has 0 fully saturated rings. The molecule has 0 radical (unpaired) electrons. The number of amides is 1. The van der Waals surface area contributed by atoms with E-state index in [2.05, 4.69) is 60.2 Å². The highest BCUT2D eigenvalue weighted by atomic mass is 16.3. The van der Waals surface area contributed by atoms with Gasteiger partial charge in [-0.1, -0.05) is 61.2 Å². The molecule has 6 nitrogen and oxygen atoms in total. The Morgan fingerprint density at radius 3 is 1.92 bits per heavy atom. The Morgan fingerprint density at radius 1 is 0.789 bits per heavy atom. The average molecular weight is 511 g/mol. The molecule has 0 spiro atoms. The van der Waals surface area contributed by atoms with Crippen molar-refractivity contribution >= 4 is 17.5 Å². The molecule has 0 heterocycles. The van der Waals surface area contributed by atoms with Gasteiger partial charge < -0.3 is 14.9 Å². The molecule has 1 atom stereocenters. The van der Waals surface area contributed by atoms with E-state index in [4.69, 9.17) is 0 Å². The first-order valence-electron chi connectivity index (χ1n) is 12.7. The van der Waals surface area contributed by atoms with Crippen LogP contribution in [-0.4, -0.2) is 65.7 Å². The van der Waals surface area contributed by atoms with E-state index < -0.39 is 30.1 Å². The topological polar surface area (TPSA) is 77.9 Å². The molecule has 0 aliphatic carbocycles. The standard InChI is InChI=1S/C32H34N2O4/c1-4-29(36)31(30(37)23-35)34(3)32(38)28-18-16-26(17-19-28)11-10-25-12-14-27(15-13-25)22-33(2)21-20-24-8-6-5-7-9-24/h5-9,12-19,31,35H,4,20-23H2,1-3H3. The van der Waals surface area contributed by atoms with Gasteiger partial charge in [0.2, 0.25) is 0 Å². The second-order valence-electron chi connectivity index (χ2n) is 9.26. The summed E-state index contributed by atoms with van der Waals surface area (Å²) in [4.78, 5) is 40.4. The highest BCUT2D eigenvalue weighted by Gasteiger charge is 2.32. The largest absolute Gasteiger partial charge is 0.388 e. The Kier molecular flexibility index (Phi) is 10.5. The van der Waals surface area contributed by atoms with Crippen LogP contribution in [0.25, 0.3) is 0 Å². The molecular formula is C32H34N2O4. The lowest BCUT2D eigenvalue weighted by Crippen LogP contribution is -2.48. The van der Waals surface area contributed by atoms with Gasteiger partial charge in [-0.25, -0.2) is 0 Å². The predicted molar refractivity (Wildman–Crippen MR) is 149 cm³/mol. The van der Waals surface area contributed by atoms with Crippen LogP contribution in [-0.2, 0) is 22.6 Å². The number of aliphatic hydroxyl groups is 1. The van der Waals surface area contributed by atoms with E-state index in [0.29, 0.717) is 5.56 Å². The van der Waals surface area contributed by atoms with Crippen LogP contribution in [0.15, 0.2) is 78.9 Å². The number of likely N-dealkylation sites (N-methyl/N-ethyl adjacent to an activating group) is 2. The van der Waals surface area contributed by atoms with Gasteiger partial charge in [-0.05, 0) is 61.0 Å². The minimum absolute atomic E-state index is 0.0918. The molecule has 3 aromatic rings. The van der Waals surface area contributed by atoms with Crippen LogP contribution in [0.1, 0.15) is 46.0 Å². The Morgan fingerprint density at radius 2 is 1.37 bits per heavy atom. The molecule has 0 saturated carbocycles. The second-order valence-corrected chi connectivity index (χ2v) is 9.26. The first kappa shape index (κ1) is 28.5. The molecule has 0 saturated heterocycles. The maximum Gasteiger partial charge on any atom is 0.254 e. The fraction of sp³-hybridized carbons (Fsp3) is 0.281. The van der Waals surface area contributed by atoms with Crippen molar-refractivity contribution in [3.63, 3.8) is 0 Å². The van der Waals surface area contributed by atoms with Gasteiger partial charge in [-0.3, -0.25) is 14.4 Å². The van der Waals surface area contributed by atoms with Crippen LogP contribution in [0, 0.1) is 11.8 Å². The van der Waals surface area contributed by atoms with Gasteiger partial charge in [0.05, 0.1) is 0 Å². The van der Waals surface area contributed by atoms with Gasteiger partial charge >= 0.3 is 0 Å². The first-order valence-corrected chi connectivity index (χ1v) is 12.7. The molecule has 3 aromatic carbocycles. The number of Topliss-reactive ketones (excluding diaryl/α,β-unsaturated/α-hetero) is 2. The summed E-state index contributed by atoms with van der Waals surface area (Å²) in [6, 6.07) is 24.1. The van der Waals surface area contributed by atoms with Crippen molar-refractivity contribution in [1.29, 1.82) is 0 Å². The number of hydrogen-bond acceptors (Lipinski definition) is 5. The number of hydrogen-bond donors (Lipinski definition) is 1. The van der Waals surface area contributed by atoms with Crippen molar-refractivity contribution in [2.75, 3.05) is 27.2 Å². The van der Waals surface area contributed by atoms with Crippen LogP contribution < -0.4 is 0 Å². The molecule has 6 heteroatoms. The summed E-state index contributed by atoms with van der Waals surface area (Å²) in [5, 5.41) is 9.20. The van der Waals surface area contributed by atoms with Crippen molar-refractivity contribution in [2.24, 2.45) is 0 Å². The number of benzene rings is 3. The molecular weight excluding hydrogens is 476 g/mol. The third-order valence-electron chi connectivity index (χ3n) is 6.34. The lowest BCUT2D eigenvalue weighted by molar-refractivity contribution is -0.134. The van der Waals surface area contributed by atoms with Crippen LogP contribution >= 0.6 is 0 Å². The Labute approximate surface area is 224 Å². The lowest BCUT2D eigenvalue weighted by Gasteiger charge is -2.25. The van der Waals surface area contributed by atoms with Gasteiger partial charge in [-0.15, -0.1) is 0 Å². The summed E-state index contributed by atoms with van der Waals surface area (Å²) in [6.07, 6.45) is 1.11. The monoisotopic (exact) mass is 510 g/mol. The number of carbonyl (C=O) groups excluding carboxylic acids is 3. The normalized spacial score (nSPS) is 11.4. The van der Waals surface area contributed by atoms with Gasteiger partial charge in [-0.2, -0.15) is 0 Å². The number of aliphatic hydroxyl groups excluding tert-OH is 1. The Balaban J connectivity index is 1.58. The molecule has 196 valence electrons. The summed E-state index contributed by atoms with van der Waals surface area (Å²) in [5.74, 6) is 4.68. The maximum atomic E-state index is 12.8. The van der Waals surface area contributed by atoms with E-state index in [-0.39, 0.29) is 6.42 Å². The third kappa shape index (κ3) is 7.97. The number of rotatable bonds is 11. The minimum Gasteiger partial charge on any atom is -0.388 e. The van der Waals surface area contributed by atoms with E-state index in [1.54, 1.807) is 31.2 Å². The molecule has 0 aliphatic heterocycles. The van der Waals surface area contributed by atoms with E-state index in [0.717, 1.165) is 35.5 Å². The molecule has 0 aliphatic rings. The van der Waals surface area contributed by atoms with Crippen molar-refractivity contribution in [3.8, 4) is 11.8 Å². The molecule has 1 unspecified atom stereocenters.